The van der Waals surface area contributed by atoms with E-state index in [1.54, 1.807) is 11.8 Å². The van der Waals surface area contributed by atoms with E-state index in [2.05, 4.69) is 22.8 Å². The maximum absolute atomic E-state index is 13.8. The molecule has 2 aliphatic heterocycles. The Morgan fingerprint density at radius 1 is 1.05 bits per heavy atom. The number of thioether (sulfide) groups is 2. The van der Waals surface area contributed by atoms with E-state index in [0.717, 1.165) is 24.3 Å². The van der Waals surface area contributed by atoms with E-state index >= 15 is 0 Å². The van der Waals surface area contributed by atoms with Crippen molar-refractivity contribution in [3.8, 4) is 0 Å². The predicted molar refractivity (Wildman–Crippen MR) is 165 cm³/mol. The second kappa shape index (κ2) is 14.7. The molecule has 0 radical (unpaired) electrons. The molecule has 8 nitrogen and oxygen atoms in total. The largest absolute Gasteiger partial charge is 0.444 e. The van der Waals surface area contributed by atoms with Crippen molar-refractivity contribution in [3.63, 3.8) is 0 Å². The zero-order valence-electron chi connectivity index (χ0n) is 24.2. The molecule has 10 heteroatoms. The molecular weight excluding hydrogens is 544 g/mol. The van der Waals surface area contributed by atoms with Crippen LogP contribution in [0.2, 0.25) is 0 Å². The van der Waals surface area contributed by atoms with Gasteiger partial charge in [0.1, 0.15) is 17.7 Å². The number of para-hydroxylation sites is 1. The van der Waals surface area contributed by atoms with Crippen LogP contribution in [0.1, 0.15) is 65.7 Å². The predicted octanol–water partition coefficient (Wildman–Crippen LogP) is 5.20. The van der Waals surface area contributed by atoms with Crippen molar-refractivity contribution >= 4 is 47.1 Å². The van der Waals surface area contributed by atoms with Crippen molar-refractivity contribution in [2.75, 3.05) is 41.5 Å². The number of carbonyl (C=O) groups is 3. The van der Waals surface area contributed by atoms with Crippen molar-refractivity contribution < 1.29 is 19.1 Å². The van der Waals surface area contributed by atoms with E-state index in [4.69, 9.17) is 4.74 Å². The maximum atomic E-state index is 13.8. The molecule has 1 aromatic rings. The lowest BCUT2D eigenvalue weighted by atomic mass is 9.91. The Hall–Kier alpha value is -2.07. The van der Waals surface area contributed by atoms with E-state index in [9.17, 15) is 14.4 Å². The fourth-order valence-electron chi connectivity index (χ4n) is 5.54. The molecule has 3 aliphatic rings. The molecular formula is C30H46N4O4S2. The van der Waals surface area contributed by atoms with Crippen LogP contribution in [0.3, 0.4) is 0 Å². The molecule has 4 rings (SSSR count). The van der Waals surface area contributed by atoms with Crippen LogP contribution in [0, 0.1) is 5.92 Å². The first-order valence-electron chi connectivity index (χ1n) is 14.8. The van der Waals surface area contributed by atoms with Crippen LogP contribution in [0.4, 0.5) is 10.5 Å². The third-order valence-electron chi connectivity index (χ3n) is 7.74. The number of anilines is 1. The first-order valence-corrected chi connectivity index (χ1v) is 17.1. The van der Waals surface area contributed by atoms with Gasteiger partial charge in [-0.25, -0.2) is 4.79 Å². The molecule has 1 unspecified atom stereocenters. The van der Waals surface area contributed by atoms with Crippen LogP contribution >= 0.6 is 23.5 Å². The first kappa shape index (κ1) is 30.9. The van der Waals surface area contributed by atoms with Gasteiger partial charge in [-0.1, -0.05) is 37.5 Å². The summed E-state index contributed by atoms with van der Waals surface area (Å²) < 4.78 is 5.54. The van der Waals surface area contributed by atoms with E-state index in [1.165, 1.54) is 48.8 Å². The Morgan fingerprint density at radius 2 is 1.75 bits per heavy atom. The Morgan fingerprint density at radius 3 is 2.42 bits per heavy atom. The molecule has 2 atom stereocenters. The number of carbonyl (C=O) groups excluding carboxylic acids is 3. The molecule has 1 aliphatic carbocycles. The number of hydrogen-bond acceptors (Lipinski definition) is 7. The SMILES string of the molecule is CC(C)(C)OC(=O)N1CSCC1C(=O)N[C@@H](CSCC1CCCCC1)C(=O)N1CCC(Nc2ccccc2)CC1. The Balaban J connectivity index is 1.36. The van der Waals surface area contributed by atoms with Gasteiger partial charge in [0.15, 0.2) is 0 Å². The molecule has 0 spiro atoms. The van der Waals surface area contributed by atoms with Crippen LogP contribution in [0.5, 0.6) is 0 Å². The van der Waals surface area contributed by atoms with Crippen LogP contribution in [-0.2, 0) is 14.3 Å². The fraction of sp³-hybridized carbons (Fsp3) is 0.700. The summed E-state index contributed by atoms with van der Waals surface area (Å²) in [5, 5.41) is 6.64. The van der Waals surface area contributed by atoms with Crippen molar-refractivity contribution in [3.05, 3.63) is 30.3 Å². The second-order valence-corrected chi connectivity index (χ2v) is 14.3. The first-order chi connectivity index (χ1) is 19.2. The minimum atomic E-state index is -0.640. The van der Waals surface area contributed by atoms with Crippen molar-refractivity contribution in [2.24, 2.45) is 5.92 Å². The van der Waals surface area contributed by atoms with Crippen LogP contribution in [-0.4, -0.2) is 87.7 Å². The lowest BCUT2D eigenvalue weighted by molar-refractivity contribution is -0.137. The number of hydrogen-bond donors (Lipinski definition) is 2. The van der Waals surface area contributed by atoms with Gasteiger partial charge >= 0.3 is 6.09 Å². The van der Waals surface area contributed by atoms with E-state index in [1.807, 2.05) is 43.9 Å². The highest BCUT2D eigenvalue weighted by molar-refractivity contribution is 7.99. The van der Waals surface area contributed by atoms with Crippen LogP contribution < -0.4 is 10.6 Å². The van der Waals surface area contributed by atoms with Gasteiger partial charge < -0.3 is 20.3 Å². The molecule has 0 aromatic heterocycles. The van der Waals surface area contributed by atoms with Gasteiger partial charge in [0.2, 0.25) is 11.8 Å². The molecule has 1 aromatic carbocycles. The summed E-state index contributed by atoms with van der Waals surface area (Å²) in [7, 11) is 0. The van der Waals surface area contributed by atoms with Gasteiger partial charge in [-0.3, -0.25) is 14.5 Å². The highest BCUT2D eigenvalue weighted by Crippen LogP contribution is 2.28. The summed E-state index contributed by atoms with van der Waals surface area (Å²) in [6.45, 7) is 6.78. The number of nitrogens with zero attached hydrogens (tertiary/aromatic N) is 2. The number of likely N-dealkylation sites (tertiary alicyclic amines) is 1. The number of ether oxygens (including phenoxy) is 1. The summed E-state index contributed by atoms with van der Waals surface area (Å²) in [4.78, 5) is 43.4. The highest BCUT2D eigenvalue weighted by atomic mass is 32.2. The molecule has 2 saturated heterocycles. The molecule has 2 N–H and O–H groups in total. The van der Waals surface area contributed by atoms with Gasteiger partial charge in [-0.05, 0) is 70.3 Å². The zero-order chi connectivity index (χ0) is 28.5. The number of benzene rings is 1. The molecule has 222 valence electrons. The minimum Gasteiger partial charge on any atom is -0.444 e. The quantitative estimate of drug-likeness (QED) is 0.409. The van der Waals surface area contributed by atoms with E-state index in [0.29, 0.717) is 42.4 Å². The smallest absolute Gasteiger partial charge is 0.411 e. The van der Waals surface area contributed by atoms with Crippen molar-refractivity contribution in [1.29, 1.82) is 0 Å². The van der Waals surface area contributed by atoms with Crippen LogP contribution in [0.25, 0.3) is 0 Å². The number of piperidine rings is 1. The highest BCUT2D eigenvalue weighted by Gasteiger charge is 2.39. The molecule has 40 heavy (non-hydrogen) atoms. The van der Waals surface area contributed by atoms with Crippen molar-refractivity contribution in [2.45, 2.75) is 89.4 Å². The van der Waals surface area contributed by atoms with E-state index < -0.39 is 23.8 Å². The molecule has 3 amide bonds. The third-order valence-corrected chi connectivity index (χ3v) is 10.0. The number of nitrogens with one attached hydrogen (secondary N) is 2. The third kappa shape index (κ3) is 9.23. The number of rotatable bonds is 9. The summed E-state index contributed by atoms with van der Waals surface area (Å²) in [6.07, 6.45) is 7.64. The Labute approximate surface area is 248 Å². The molecule has 3 fully saturated rings. The summed E-state index contributed by atoms with van der Waals surface area (Å²) in [5.41, 5.74) is 0.460. The molecule has 1 saturated carbocycles. The van der Waals surface area contributed by atoms with Gasteiger partial charge in [-0.15, -0.1) is 11.8 Å². The fourth-order valence-corrected chi connectivity index (χ4v) is 7.95. The average Bonchev–Trinajstić information content (AvgIpc) is 3.44. The number of amides is 3. The molecule has 0 bridgehead atoms. The van der Waals surface area contributed by atoms with Gasteiger partial charge in [0.25, 0.3) is 0 Å². The lowest BCUT2D eigenvalue weighted by Gasteiger charge is -2.35. The molecule has 2 heterocycles. The normalized spacial score (nSPS) is 21.6. The topological polar surface area (TPSA) is 91.0 Å². The average molecular weight is 591 g/mol. The summed E-state index contributed by atoms with van der Waals surface area (Å²) in [5.74, 6) is 2.88. The Bertz CT molecular complexity index is 976. The van der Waals surface area contributed by atoms with Gasteiger partial charge in [0, 0.05) is 36.3 Å². The lowest BCUT2D eigenvalue weighted by Crippen LogP contribution is -2.57. The summed E-state index contributed by atoms with van der Waals surface area (Å²) in [6, 6.07) is 9.24. The van der Waals surface area contributed by atoms with Crippen molar-refractivity contribution in [1.82, 2.24) is 15.1 Å². The van der Waals surface area contributed by atoms with Gasteiger partial charge in [-0.2, -0.15) is 11.8 Å². The second-order valence-electron chi connectivity index (χ2n) is 12.2. The van der Waals surface area contributed by atoms with E-state index in [-0.39, 0.29) is 11.8 Å². The maximum Gasteiger partial charge on any atom is 0.411 e. The standard InChI is InChI=1S/C30H46N4O4S2/c1-30(2,3)38-29(37)34-21-40-20-26(34)27(35)32-25(19-39-18-22-10-6-4-7-11-22)28(36)33-16-14-24(15-17-33)31-23-12-8-5-9-13-23/h5,8-9,12-13,22,24-26,31H,4,6-7,10-11,14-21H2,1-3H3,(H,32,35)/t25-,26?/m0/s1. The van der Waals surface area contributed by atoms with Crippen LogP contribution in [0.15, 0.2) is 30.3 Å². The zero-order valence-corrected chi connectivity index (χ0v) is 25.9. The van der Waals surface area contributed by atoms with Gasteiger partial charge in [0.05, 0.1) is 5.88 Å². The minimum absolute atomic E-state index is 0.0166. The monoisotopic (exact) mass is 590 g/mol. The Kier molecular flexibility index (Phi) is 11.4. The summed E-state index contributed by atoms with van der Waals surface area (Å²) >= 11 is 3.31.